The Morgan fingerprint density at radius 3 is 2.39 bits per heavy atom. The summed E-state index contributed by atoms with van der Waals surface area (Å²) in [6.07, 6.45) is 0.529. The summed E-state index contributed by atoms with van der Waals surface area (Å²) in [5, 5.41) is 10.2. The molecule has 1 N–H and O–H groups in total. The molecule has 0 amide bonds. The zero-order chi connectivity index (χ0) is 26.4. The SMILES string of the molecule is CC1(C#Cc2cc(C(C)(O)C(F)(F)F)ccc2N2CCN(S(=O)(=O)C3=CC=CCC3=S)CC2)COC1. The first-order valence-corrected chi connectivity index (χ1v) is 13.3. The zero-order valence-corrected chi connectivity index (χ0v) is 21.6. The smallest absolute Gasteiger partial charge is 0.378 e. The van der Waals surface area contributed by atoms with Crippen LogP contribution in [0.15, 0.2) is 41.3 Å². The number of hydrogen-bond acceptors (Lipinski definition) is 6. The molecule has 11 heteroatoms. The molecule has 1 aromatic carbocycles. The minimum atomic E-state index is -4.86. The molecule has 194 valence electrons. The Bertz CT molecular complexity index is 1280. The third-order valence-corrected chi connectivity index (χ3v) is 9.11. The van der Waals surface area contributed by atoms with Crippen molar-refractivity contribution in [3.05, 3.63) is 52.5 Å². The Kier molecular flexibility index (Phi) is 7.13. The van der Waals surface area contributed by atoms with Crippen molar-refractivity contribution in [2.45, 2.75) is 32.0 Å². The van der Waals surface area contributed by atoms with E-state index >= 15 is 0 Å². The van der Waals surface area contributed by atoms with Crippen LogP contribution in [0.25, 0.3) is 0 Å². The van der Waals surface area contributed by atoms with Crippen molar-refractivity contribution in [1.29, 1.82) is 0 Å². The first-order valence-electron chi connectivity index (χ1n) is 11.4. The lowest BCUT2D eigenvalue weighted by Gasteiger charge is -2.37. The molecule has 3 aliphatic rings. The molecule has 2 heterocycles. The number of halogens is 3. The topological polar surface area (TPSA) is 70.1 Å². The normalized spacial score (nSPS) is 22.2. The Labute approximate surface area is 214 Å². The van der Waals surface area contributed by atoms with Gasteiger partial charge in [-0.1, -0.05) is 42.3 Å². The van der Waals surface area contributed by atoms with Gasteiger partial charge >= 0.3 is 6.18 Å². The predicted molar refractivity (Wildman–Crippen MR) is 135 cm³/mol. The minimum Gasteiger partial charge on any atom is -0.378 e. The van der Waals surface area contributed by atoms with Crippen molar-refractivity contribution >= 4 is 32.8 Å². The van der Waals surface area contributed by atoms with Gasteiger partial charge in [0.05, 0.1) is 29.2 Å². The molecule has 4 rings (SSSR count). The van der Waals surface area contributed by atoms with E-state index < -0.39 is 27.2 Å². The molecule has 1 aliphatic carbocycles. The Morgan fingerprint density at radius 1 is 1.17 bits per heavy atom. The van der Waals surface area contributed by atoms with Gasteiger partial charge in [-0.05, 0) is 37.6 Å². The van der Waals surface area contributed by atoms with Crippen LogP contribution in [0.2, 0.25) is 0 Å². The molecular weight excluding hydrogens is 513 g/mol. The van der Waals surface area contributed by atoms with Gasteiger partial charge in [0.1, 0.15) is 0 Å². The summed E-state index contributed by atoms with van der Waals surface area (Å²) in [5.41, 5.74) is -2.83. The monoisotopic (exact) mass is 540 g/mol. The number of piperazine rings is 1. The number of benzene rings is 1. The average molecular weight is 541 g/mol. The second kappa shape index (κ2) is 9.58. The van der Waals surface area contributed by atoms with Gasteiger partial charge < -0.3 is 14.7 Å². The van der Waals surface area contributed by atoms with E-state index in [0.29, 0.717) is 55.8 Å². The van der Waals surface area contributed by atoms with Crippen LogP contribution in [0, 0.1) is 17.3 Å². The number of hydrogen-bond donors (Lipinski definition) is 1. The minimum absolute atomic E-state index is 0.134. The molecule has 36 heavy (non-hydrogen) atoms. The Morgan fingerprint density at radius 2 is 1.83 bits per heavy atom. The second-order valence-electron chi connectivity index (χ2n) is 9.58. The quantitative estimate of drug-likeness (QED) is 0.466. The van der Waals surface area contributed by atoms with Crippen LogP contribution < -0.4 is 4.90 Å². The number of sulfonamides is 1. The van der Waals surface area contributed by atoms with Crippen LogP contribution in [0.1, 0.15) is 31.4 Å². The van der Waals surface area contributed by atoms with Crippen molar-refractivity contribution in [3.63, 3.8) is 0 Å². The Balaban J connectivity index is 1.61. The lowest BCUT2D eigenvalue weighted by atomic mass is 9.88. The van der Waals surface area contributed by atoms with Gasteiger partial charge in [-0.3, -0.25) is 0 Å². The van der Waals surface area contributed by atoms with Crippen molar-refractivity contribution in [3.8, 4) is 11.8 Å². The number of thiocarbonyl (C=S) groups is 1. The molecule has 6 nitrogen and oxygen atoms in total. The number of alkyl halides is 3. The van der Waals surface area contributed by atoms with Crippen LogP contribution in [0.3, 0.4) is 0 Å². The molecule has 0 radical (unpaired) electrons. The van der Waals surface area contributed by atoms with Gasteiger partial charge in [0.25, 0.3) is 0 Å². The first-order chi connectivity index (χ1) is 16.7. The fraction of sp³-hybridized carbons (Fsp3) is 0.480. The van der Waals surface area contributed by atoms with Crippen molar-refractivity contribution < 1.29 is 31.4 Å². The van der Waals surface area contributed by atoms with Gasteiger partial charge in [-0.15, -0.1) is 0 Å². The Hall–Kier alpha value is -2.23. The number of ether oxygens (including phenoxy) is 1. The third kappa shape index (κ3) is 5.10. The summed E-state index contributed by atoms with van der Waals surface area (Å²) in [7, 11) is -3.74. The third-order valence-electron chi connectivity index (χ3n) is 6.61. The second-order valence-corrected chi connectivity index (χ2v) is 12.0. The maximum absolute atomic E-state index is 13.5. The highest BCUT2D eigenvalue weighted by atomic mass is 32.2. The lowest BCUT2D eigenvalue weighted by Crippen LogP contribution is -2.49. The summed E-state index contributed by atoms with van der Waals surface area (Å²) < 4.78 is 73.3. The van der Waals surface area contributed by atoms with E-state index in [4.69, 9.17) is 17.0 Å². The molecule has 0 bridgehead atoms. The summed E-state index contributed by atoms with van der Waals surface area (Å²) >= 11 is 5.24. The van der Waals surface area contributed by atoms with Crippen molar-refractivity contribution in [1.82, 2.24) is 4.31 Å². The lowest BCUT2D eigenvalue weighted by molar-refractivity contribution is -0.258. The van der Waals surface area contributed by atoms with Crippen LogP contribution in [-0.2, 0) is 20.4 Å². The highest BCUT2D eigenvalue weighted by Crippen LogP contribution is 2.40. The molecule has 2 saturated heterocycles. The molecule has 0 spiro atoms. The van der Waals surface area contributed by atoms with E-state index in [1.807, 2.05) is 11.8 Å². The maximum Gasteiger partial charge on any atom is 0.421 e. The van der Waals surface area contributed by atoms with Gasteiger partial charge in [0, 0.05) is 43.0 Å². The summed E-state index contributed by atoms with van der Waals surface area (Å²) in [6, 6.07) is 4.01. The van der Waals surface area contributed by atoms with Crippen molar-refractivity contribution in [2.24, 2.45) is 5.41 Å². The van der Waals surface area contributed by atoms with E-state index in [9.17, 15) is 26.7 Å². The van der Waals surface area contributed by atoms with E-state index in [2.05, 4.69) is 11.8 Å². The number of nitrogens with zero attached hydrogens (tertiary/aromatic N) is 2. The number of rotatable bonds is 4. The van der Waals surface area contributed by atoms with Crippen LogP contribution in [0.4, 0.5) is 18.9 Å². The molecule has 1 unspecified atom stereocenters. The number of aliphatic hydroxyl groups is 1. The molecule has 0 aromatic heterocycles. The van der Waals surface area contributed by atoms with Crippen LogP contribution in [0.5, 0.6) is 0 Å². The fourth-order valence-electron chi connectivity index (χ4n) is 4.14. The van der Waals surface area contributed by atoms with Gasteiger partial charge in [0.2, 0.25) is 10.0 Å². The first kappa shape index (κ1) is 26.8. The molecular formula is C25H27F3N2O4S2. The number of anilines is 1. The van der Waals surface area contributed by atoms with Gasteiger partial charge in [0.15, 0.2) is 5.60 Å². The maximum atomic E-state index is 13.5. The van der Waals surface area contributed by atoms with Crippen LogP contribution in [-0.4, -0.2) is 68.3 Å². The molecule has 1 atom stereocenters. The zero-order valence-electron chi connectivity index (χ0n) is 19.9. The van der Waals surface area contributed by atoms with Gasteiger partial charge in [-0.25, -0.2) is 8.42 Å². The standard InChI is InChI=1S/C25H27F3N2O4S2/c1-23(16-34-17-23)10-9-18-15-19(24(2,31)25(26,27)28)7-8-20(18)29-11-13-30(14-12-29)36(32,33)22-6-4-3-5-21(22)35/h3-4,6-8,15,31H,5,11-14,16-17H2,1-2H3. The van der Waals surface area contributed by atoms with Crippen molar-refractivity contribution in [2.75, 3.05) is 44.3 Å². The molecule has 0 saturated carbocycles. The van der Waals surface area contributed by atoms with E-state index in [1.165, 1.54) is 28.6 Å². The van der Waals surface area contributed by atoms with Crippen LogP contribution >= 0.6 is 12.2 Å². The van der Waals surface area contributed by atoms with E-state index in [0.717, 1.165) is 0 Å². The summed E-state index contributed by atoms with van der Waals surface area (Å²) in [4.78, 5) is 2.41. The largest absolute Gasteiger partial charge is 0.421 e. The fourth-order valence-corrected chi connectivity index (χ4v) is 6.16. The highest BCUT2D eigenvalue weighted by Gasteiger charge is 2.51. The van der Waals surface area contributed by atoms with E-state index in [1.54, 1.807) is 12.2 Å². The number of allylic oxidation sites excluding steroid dienone is 4. The molecule has 1 aromatic rings. The van der Waals surface area contributed by atoms with E-state index in [-0.39, 0.29) is 23.6 Å². The van der Waals surface area contributed by atoms with Gasteiger partial charge in [-0.2, -0.15) is 17.5 Å². The predicted octanol–water partition coefficient (Wildman–Crippen LogP) is 3.51. The molecule has 2 aliphatic heterocycles. The summed E-state index contributed by atoms with van der Waals surface area (Å²) in [5.74, 6) is 6.09. The average Bonchev–Trinajstić information content (AvgIpc) is 2.81. The molecule has 2 fully saturated rings. The summed E-state index contributed by atoms with van der Waals surface area (Å²) in [6.45, 7) is 4.49. The highest BCUT2D eigenvalue weighted by molar-refractivity contribution is 7.96.